The molecule has 29 heavy (non-hydrogen) atoms. The van der Waals surface area contributed by atoms with Crippen molar-refractivity contribution in [1.29, 1.82) is 0 Å². The number of fused-ring (bicyclic) bond motifs is 2. The molecule has 5 nitrogen and oxygen atoms in total. The second kappa shape index (κ2) is 8.07. The van der Waals surface area contributed by atoms with E-state index in [9.17, 15) is 9.90 Å². The average molecular weight is 395 g/mol. The van der Waals surface area contributed by atoms with Crippen LogP contribution in [0.5, 0.6) is 0 Å². The summed E-state index contributed by atoms with van der Waals surface area (Å²) in [5.41, 5.74) is 2.15. The summed E-state index contributed by atoms with van der Waals surface area (Å²) in [5.74, 6) is 0. The van der Waals surface area contributed by atoms with Gasteiger partial charge in [-0.1, -0.05) is 42.5 Å². The number of carbonyl (C=O) groups excluding carboxylic acids is 1. The molecule has 4 rings (SSSR count). The van der Waals surface area contributed by atoms with E-state index in [2.05, 4.69) is 0 Å². The summed E-state index contributed by atoms with van der Waals surface area (Å²) in [6.45, 7) is 0.284. The molecule has 0 saturated carbocycles. The zero-order chi connectivity index (χ0) is 20.4. The van der Waals surface area contributed by atoms with Gasteiger partial charge in [0, 0.05) is 44.7 Å². The Balaban J connectivity index is 1.47. The van der Waals surface area contributed by atoms with Crippen molar-refractivity contribution in [2.75, 3.05) is 19.0 Å². The van der Waals surface area contributed by atoms with Crippen LogP contribution in [0.2, 0.25) is 0 Å². The van der Waals surface area contributed by atoms with Crippen LogP contribution in [0.4, 0.5) is 10.5 Å². The van der Waals surface area contributed by atoms with Gasteiger partial charge < -0.3 is 19.6 Å². The monoisotopic (exact) mass is 394 g/mol. The average Bonchev–Trinajstić information content (AvgIpc) is 2.72. The van der Waals surface area contributed by atoms with Crippen LogP contribution in [0.25, 0.3) is 0 Å². The fourth-order valence-corrected chi connectivity index (χ4v) is 4.83. The molecule has 5 heteroatoms. The van der Waals surface area contributed by atoms with E-state index in [1.165, 1.54) is 0 Å². The van der Waals surface area contributed by atoms with Gasteiger partial charge in [-0.25, -0.2) is 4.79 Å². The summed E-state index contributed by atoms with van der Waals surface area (Å²) in [6, 6.07) is 17.9. The lowest BCUT2D eigenvalue weighted by atomic mass is 9.72. The molecule has 2 saturated heterocycles. The van der Waals surface area contributed by atoms with Gasteiger partial charge in [-0.15, -0.1) is 0 Å². The van der Waals surface area contributed by atoms with Crippen LogP contribution in [-0.4, -0.2) is 42.3 Å². The molecule has 154 valence electrons. The van der Waals surface area contributed by atoms with E-state index in [-0.39, 0.29) is 24.8 Å². The van der Waals surface area contributed by atoms with E-state index in [0.717, 1.165) is 36.1 Å². The van der Waals surface area contributed by atoms with Gasteiger partial charge in [0.15, 0.2) is 0 Å². The number of hydrogen-bond donors (Lipinski definition) is 1. The molecule has 2 fully saturated rings. The third-order valence-electron chi connectivity index (χ3n) is 6.35. The third-order valence-corrected chi connectivity index (χ3v) is 6.35. The van der Waals surface area contributed by atoms with Gasteiger partial charge in [0.2, 0.25) is 0 Å². The van der Waals surface area contributed by atoms with Gasteiger partial charge in [0.25, 0.3) is 0 Å². The largest absolute Gasteiger partial charge is 0.445 e. The Kier molecular flexibility index (Phi) is 5.50. The van der Waals surface area contributed by atoms with Crippen LogP contribution in [0.3, 0.4) is 0 Å². The van der Waals surface area contributed by atoms with Crippen molar-refractivity contribution in [1.82, 2.24) is 4.90 Å². The van der Waals surface area contributed by atoms with Crippen LogP contribution < -0.4 is 4.90 Å². The Morgan fingerprint density at radius 1 is 1.07 bits per heavy atom. The van der Waals surface area contributed by atoms with Gasteiger partial charge >= 0.3 is 6.09 Å². The molecular formula is C24H30N2O3. The highest BCUT2D eigenvalue weighted by atomic mass is 16.6. The van der Waals surface area contributed by atoms with Gasteiger partial charge in [-0.2, -0.15) is 0 Å². The second-order valence-electron chi connectivity index (χ2n) is 8.57. The van der Waals surface area contributed by atoms with E-state index in [0.29, 0.717) is 12.8 Å². The van der Waals surface area contributed by atoms with Crippen LogP contribution in [-0.2, 0) is 16.9 Å². The number of ether oxygens (including phenoxy) is 1. The zero-order valence-corrected chi connectivity index (χ0v) is 17.3. The van der Waals surface area contributed by atoms with Crippen LogP contribution in [0, 0.1) is 0 Å². The van der Waals surface area contributed by atoms with Gasteiger partial charge in [0.05, 0.1) is 5.60 Å². The van der Waals surface area contributed by atoms with Crippen molar-refractivity contribution in [3.05, 3.63) is 65.7 Å². The summed E-state index contributed by atoms with van der Waals surface area (Å²) in [7, 11) is 4.02. The van der Waals surface area contributed by atoms with Crippen LogP contribution >= 0.6 is 0 Å². The number of hydrogen-bond acceptors (Lipinski definition) is 4. The smallest absolute Gasteiger partial charge is 0.410 e. The molecule has 0 radical (unpaired) electrons. The van der Waals surface area contributed by atoms with Crippen molar-refractivity contribution in [2.24, 2.45) is 0 Å². The van der Waals surface area contributed by atoms with Crippen molar-refractivity contribution < 1.29 is 14.6 Å². The van der Waals surface area contributed by atoms with Crippen molar-refractivity contribution in [3.63, 3.8) is 0 Å². The summed E-state index contributed by atoms with van der Waals surface area (Å²) < 4.78 is 5.62. The molecule has 2 bridgehead atoms. The fraction of sp³-hybridized carbons (Fsp3) is 0.458. The number of benzene rings is 2. The highest BCUT2D eigenvalue weighted by molar-refractivity contribution is 5.69. The molecule has 2 atom stereocenters. The lowest BCUT2D eigenvalue weighted by Gasteiger charge is -2.51. The quantitative estimate of drug-likeness (QED) is 0.840. The minimum atomic E-state index is -0.892. The first-order chi connectivity index (χ1) is 14.0. The molecule has 2 unspecified atom stereocenters. The number of piperidine rings is 2. The molecule has 2 aliphatic heterocycles. The highest BCUT2D eigenvalue weighted by Gasteiger charge is 2.48. The Morgan fingerprint density at radius 2 is 1.69 bits per heavy atom. The first-order valence-corrected chi connectivity index (χ1v) is 10.5. The Bertz CT molecular complexity index is 821. The van der Waals surface area contributed by atoms with Gasteiger partial charge in [-0.05, 0) is 42.5 Å². The van der Waals surface area contributed by atoms with E-state index >= 15 is 0 Å². The SMILES string of the molecule is CN(C)c1ccc(C2(O)CC3CCCC(C2)N3C(=O)OCc2ccccc2)cc1. The molecule has 2 aromatic carbocycles. The summed E-state index contributed by atoms with van der Waals surface area (Å²) >= 11 is 0. The molecule has 2 aliphatic rings. The number of carbonyl (C=O) groups is 1. The number of amides is 1. The Hall–Kier alpha value is -2.53. The van der Waals surface area contributed by atoms with E-state index in [1.54, 1.807) is 0 Å². The van der Waals surface area contributed by atoms with Crippen LogP contribution in [0.1, 0.15) is 43.2 Å². The van der Waals surface area contributed by atoms with E-state index < -0.39 is 5.60 Å². The predicted octanol–water partition coefficient (Wildman–Crippen LogP) is 4.29. The predicted molar refractivity (Wildman–Crippen MR) is 114 cm³/mol. The number of rotatable bonds is 4. The summed E-state index contributed by atoms with van der Waals surface area (Å²) in [6.07, 6.45) is 3.78. The van der Waals surface area contributed by atoms with Gasteiger partial charge in [0.1, 0.15) is 6.61 Å². The normalized spacial score (nSPS) is 26.1. The Morgan fingerprint density at radius 3 is 2.28 bits per heavy atom. The fourth-order valence-electron chi connectivity index (χ4n) is 4.83. The lowest BCUT2D eigenvalue weighted by molar-refractivity contribution is -0.0896. The molecular weight excluding hydrogens is 364 g/mol. The topological polar surface area (TPSA) is 53.0 Å². The van der Waals surface area contributed by atoms with E-state index in [4.69, 9.17) is 4.74 Å². The molecule has 2 heterocycles. The zero-order valence-electron chi connectivity index (χ0n) is 17.3. The van der Waals surface area contributed by atoms with Crippen molar-refractivity contribution >= 4 is 11.8 Å². The standard InChI is InChI=1S/C24H30N2O3/c1-25(2)20-13-11-19(12-14-20)24(28)15-21-9-6-10-22(16-24)26(21)23(27)29-17-18-7-4-3-5-8-18/h3-5,7-8,11-14,21-22,28H,6,9-10,15-17H2,1-2H3. The lowest BCUT2D eigenvalue weighted by Crippen LogP contribution is -2.58. The third kappa shape index (κ3) is 4.10. The molecule has 1 amide bonds. The summed E-state index contributed by atoms with van der Waals surface area (Å²) in [4.78, 5) is 16.8. The Labute approximate surface area is 172 Å². The molecule has 2 aromatic rings. The van der Waals surface area contributed by atoms with E-state index in [1.807, 2.05) is 78.5 Å². The second-order valence-corrected chi connectivity index (χ2v) is 8.57. The maximum Gasteiger partial charge on any atom is 0.410 e. The first-order valence-electron chi connectivity index (χ1n) is 10.5. The van der Waals surface area contributed by atoms with Crippen molar-refractivity contribution in [3.8, 4) is 0 Å². The molecule has 0 aliphatic carbocycles. The first kappa shape index (κ1) is 19.8. The minimum absolute atomic E-state index is 0.0179. The van der Waals surface area contributed by atoms with Crippen LogP contribution in [0.15, 0.2) is 54.6 Å². The molecule has 0 aromatic heterocycles. The summed E-state index contributed by atoms with van der Waals surface area (Å²) in [5, 5.41) is 11.5. The number of aliphatic hydroxyl groups is 1. The van der Waals surface area contributed by atoms with Crippen molar-refractivity contribution in [2.45, 2.75) is 56.4 Å². The maximum absolute atomic E-state index is 12.9. The number of nitrogens with zero attached hydrogens (tertiary/aromatic N) is 2. The molecule has 1 N–H and O–H groups in total. The molecule has 0 spiro atoms. The maximum atomic E-state index is 12.9. The minimum Gasteiger partial charge on any atom is -0.445 e. The number of anilines is 1. The van der Waals surface area contributed by atoms with Gasteiger partial charge in [-0.3, -0.25) is 0 Å². The highest BCUT2D eigenvalue weighted by Crippen LogP contribution is 2.44.